The van der Waals surface area contributed by atoms with Crippen molar-refractivity contribution in [3.05, 3.63) is 28.8 Å². The maximum atomic E-state index is 12.9. The van der Waals surface area contributed by atoms with Crippen LogP contribution in [0.1, 0.15) is 32.3 Å². The number of rotatable bonds is 5. The number of halogens is 4. The Bertz CT molecular complexity index is 811. The van der Waals surface area contributed by atoms with E-state index in [4.69, 9.17) is 11.6 Å². The predicted octanol–water partition coefficient (Wildman–Crippen LogP) is 4.06. The molecular formula is C16H16ClF3N4O2S. The summed E-state index contributed by atoms with van der Waals surface area (Å²) >= 11 is 6.58. The highest BCUT2D eigenvalue weighted by Crippen LogP contribution is 2.36. The van der Waals surface area contributed by atoms with Crippen LogP contribution in [0.3, 0.4) is 0 Å². The maximum absolute atomic E-state index is 12.9. The molecule has 2 N–H and O–H groups in total. The molecule has 1 saturated heterocycles. The number of carbonyl (C=O) groups is 2. The van der Waals surface area contributed by atoms with Crippen molar-refractivity contribution in [2.75, 3.05) is 5.32 Å². The summed E-state index contributed by atoms with van der Waals surface area (Å²) in [4.78, 5) is 24.0. The zero-order valence-electron chi connectivity index (χ0n) is 14.4. The molecule has 0 radical (unpaired) electrons. The SMILES string of the molecule is CC/C(C)=N\N=C1/NC(=O)C(CC(=O)Nc2ccc(Cl)c(C(F)(F)F)c2)S1. The third-order valence-electron chi connectivity index (χ3n) is 3.53. The number of hydrogen-bond donors (Lipinski definition) is 2. The first-order valence-electron chi connectivity index (χ1n) is 7.85. The molecule has 27 heavy (non-hydrogen) atoms. The third kappa shape index (κ3) is 5.96. The minimum atomic E-state index is -4.64. The van der Waals surface area contributed by atoms with E-state index in [0.29, 0.717) is 6.42 Å². The molecule has 1 aromatic rings. The molecule has 0 bridgehead atoms. The van der Waals surface area contributed by atoms with Crippen molar-refractivity contribution in [3.63, 3.8) is 0 Å². The van der Waals surface area contributed by atoms with Gasteiger partial charge in [-0.2, -0.15) is 18.3 Å². The van der Waals surface area contributed by atoms with Crippen LogP contribution in [0.5, 0.6) is 0 Å². The van der Waals surface area contributed by atoms with Gasteiger partial charge in [-0.3, -0.25) is 9.59 Å². The van der Waals surface area contributed by atoms with E-state index in [1.54, 1.807) is 6.92 Å². The third-order valence-corrected chi connectivity index (χ3v) is 4.93. The predicted molar refractivity (Wildman–Crippen MR) is 100 cm³/mol. The number of carbonyl (C=O) groups excluding carboxylic acids is 2. The molecule has 1 aliphatic rings. The van der Waals surface area contributed by atoms with Crippen LogP contribution in [-0.4, -0.2) is 27.9 Å². The summed E-state index contributed by atoms with van der Waals surface area (Å²) in [6.45, 7) is 3.70. The Balaban J connectivity index is 2.01. The van der Waals surface area contributed by atoms with Crippen LogP contribution >= 0.6 is 23.4 Å². The Morgan fingerprint density at radius 1 is 1.41 bits per heavy atom. The fourth-order valence-corrected chi connectivity index (χ4v) is 3.13. The number of amides is 2. The monoisotopic (exact) mass is 420 g/mol. The summed E-state index contributed by atoms with van der Waals surface area (Å²) < 4.78 is 38.6. The lowest BCUT2D eigenvalue weighted by molar-refractivity contribution is -0.137. The van der Waals surface area contributed by atoms with Gasteiger partial charge >= 0.3 is 6.18 Å². The Labute approximate surface area is 162 Å². The minimum absolute atomic E-state index is 0.0582. The van der Waals surface area contributed by atoms with Crippen LogP contribution in [0.15, 0.2) is 28.4 Å². The molecule has 1 aromatic carbocycles. The zero-order valence-corrected chi connectivity index (χ0v) is 15.9. The number of thioether (sulfide) groups is 1. The van der Waals surface area contributed by atoms with Crippen LogP contribution in [0, 0.1) is 0 Å². The molecule has 0 spiro atoms. The van der Waals surface area contributed by atoms with Crippen molar-refractivity contribution in [2.24, 2.45) is 10.2 Å². The average Bonchev–Trinajstić information content (AvgIpc) is 2.93. The highest BCUT2D eigenvalue weighted by molar-refractivity contribution is 8.15. The second-order valence-corrected chi connectivity index (χ2v) is 7.23. The fraction of sp³-hybridized carbons (Fsp3) is 0.375. The molecule has 146 valence electrons. The van der Waals surface area contributed by atoms with E-state index < -0.39 is 33.8 Å². The van der Waals surface area contributed by atoms with Crippen LogP contribution in [0.25, 0.3) is 0 Å². The van der Waals surface area contributed by atoms with Crippen LogP contribution in [0.2, 0.25) is 5.02 Å². The second-order valence-electron chi connectivity index (χ2n) is 5.63. The molecule has 1 heterocycles. The number of hydrogen-bond acceptors (Lipinski definition) is 5. The van der Waals surface area contributed by atoms with E-state index >= 15 is 0 Å². The zero-order chi connectivity index (χ0) is 20.2. The molecule has 2 amide bonds. The van der Waals surface area contributed by atoms with Crippen molar-refractivity contribution < 1.29 is 22.8 Å². The van der Waals surface area contributed by atoms with Gasteiger partial charge < -0.3 is 10.6 Å². The van der Waals surface area contributed by atoms with Gasteiger partial charge in [0.15, 0.2) is 5.17 Å². The summed E-state index contributed by atoms with van der Waals surface area (Å²) in [5, 5.41) is 11.8. The van der Waals surface area contributed by atoms with Gasteiger partial charge in [0, 0.05) is 17.8 Å². The lowest BCUT2D eigenvalue weighted by Gasteiger charge is -2.12. The molecule has 1 aliphatic heterocycles. The van der Waals surface area contributed by atoms with Gasteiger partial charge in [0.25, 0.3) is 0 Å². The fourth-order valence-electron chi connectivity index (χ4n) is 1.99. The summed E-state index contributed by atoms with van der Waals surface area (Å²) in [6.07, 6.45) is -4.15. The van der Waals surface area contributed by atoms with Gasteiger partial charge in [-0.25, -0.2) is 0 Å². The summed E-state index contributed by atoms with van der Waals surface area (Å²) in [5.74, 6) is -1.02. The van der Waals surface area contributed by atoms with E-state index in [-0.39, 0.29) is 17.3 Å². The first kappa shape index (κ1) is 21.2. The molecule has 1 atom stereocenters. The standard InChI is InChI=1S/C16H16ClF3N4O2S/c1-3-8(2)23-24-15-22-14(26)12(27-15)7-13(25)21-9-4-5-11(17)10(6-9)16(18,19)20/h4-6,12H,3,7H2,1-2H3,(H,21,25)(H,22,24,26)/b23-8-. The van der Waals surface area contributed by atoms with Gasteiger partial charge in [0.05, 0.1) is 10.6 Å². The molecular weight excluding hydrogens is 405 g/mol. The highest BCUT2D eigenvalue weighted by Gasteiger charge is 2.34. The second kappa shape index (κ2) is 8.75. The van der Waals surface area contributed by atoms with Gasteiger partial charge in [-0.15, -0.1) is 5.10 Å². The number of alkyl halides is 3. The van der Waals surface area contributed by atoms with Crippen molar-refractivity contribution >= 4 is 51.7 Å². The lowest BCUT2D eigenvalue weighted by Crippen LogP contribution is -2.28. The Morgan fingerprint density at radius 2 is 2.11 bits per heavy atom. The van der Waals surface area contributed by atoms with E-state index in [9.17, 15) is 22.8 Å². The molecule has 6 nitrogen and oxygen atoms in total. The molecule has 1 fully saturated rings. The molecule has 0 aromatic heterocycles. The maximum Gasteiger partial charge on any atom is 0.417 e. The Hall–Kier alpha value is -2.07. The first-order valence-corrected chi connectivity index (χ1v) is 9.11. The number of nitrogens with one attached hydrogen (secondary N) is 2. The topological polar surface area (TPSA) is 82.9 Å². The van der Waals surface area contributed by atoms with Crippen molar-refractivity contribution in [1.82, 2.24) is 5.32 Å². The summed E-state index contributed by atoms with van der Waals surface area (Å²) in [5.41, 5.74) is -0.326. The van der Waals surface area contributed by atoms with Crippen molar-refractivity contribution in [2.45, 2.75) is 38.1 Å². The van der Waals surface area contributed by atoms with E-state index in [1.165, 1.54) is 6.07 Å². The van der Waals surface area contributed by atoms with E-state index in [2.05, 4.69) is 20.8 Å². The van der Waals surface area contributed by atoms with Gasteiger partial charge in [0.1, 0.15) is 5.25 Å². The molecule has 0 saturated carbocycles. The normalized spacial score (nSPS) is 19.3. The van der Waals surface area contributed by atoms with E-state index in [0.717, 1.165) is 29.6 Å². The number of anilines is 1. The van der Waals surface area contributed by atoms with Crippen LogP contribution in [0.4, 0.5) is 18.9 Å². The molecule has 0 aliphatic carbocycles. The summed E-state index contributed by atoms with van der Waals surface area (Å²) in [7, 11) is 0. The van der Waals surface area contributed by atoms with Gasteiger partial charge in [0.2, 0.25) is 11.8 Å². The Kier molecular flexibility index (Phi) is 6.88. The van der Waals surface area contributed by atoms with Crippen LogP contribution in [-0.2, 0) is 15.8 Å². The first-order chi connectivity index (χ1) is 12.6. The molecule has 2 rings (SSSR count). The number of benzene rings is 1. The van der Waals surface area contributed by atoms with E-state index in [1.807, 2.05) is 6.92 Å². The highest BCUT2D eigenvalue weighted by atomic mass is 35.5. The van der Waals surface area contributed by atoms with Gasteiger partial charge in [-0.1, -0.05) is 30.3 Å². The smallest absolute Gasteiger partial charge is 0.326 e. The quantitative estimate of drug-likeness (QED) is 0.556. The van der Waals surface area contributed by atoms with Crippen molar-refractivity contribution in [3.8, 4) is 0 Å². The minimum Gasteiger partial charge on any atom is -0.326 e. The van der Waals surface area contributed by atoms with Gasteiger partial charge in [-0.05, 0) is 31.5 Å². The Morgan fingerprint density at radius 3 is 2.74 bits per heavy atom. The van der Waals surface area contributed by atoms with Crippen molar-refractivity contribution in [1.29, 1.82) is 0 Å². The van der Waals surface area contributed by atoms with Crippen LogP contribution < -0.4 is 10.6 Å². The summed E-state index contributed by atoms with van der Waals surface area (Å²) in [6, 6.07) is 3.06. The largest absolute Gasteiger partial charge is 0.417 e. The lowest BCUT2D eigenvalue weighted by atomic mass is 10.2. The average molecular weight is 421 g/mol. The number of nitrogens with zero attached hydrogens (tertiary/aromatic N) is 2. The number of amidine groups is 1. The molecule has 11 heteroatoms. The molecule has 1 unspecified atom stereocenters.